The Bertz CT molecular complexity index is 850. The molecule has 28 heavy (non-hydrogen) atoms. The summed E-state index contributed by atoms with van der Waals surface area (Å²) in [5.41, 5.74) is 2.79. The number of hydrogen-bond acceptors (Lipinski definition) is 5. The van der Waals surface area contributed by atoms with Gasteiger partial charge in [0.05, 0.1) is 31.6 Å². The predicted molar refractivity (Wildman–Crippen MR) is 112 cm³/mol. The van der Waals surface area contributed by atoms with Crippen molar-refractivity contribution in [3.05, 3.63) is 58.1 Å². The Morgan fingerprint density at radius 1 is 1.18 bits per heavy atom. The van der Waals surface area contributed by atoms with Crippen LogP contribution in [0.15, 0.2) is 46.9 Å². The number of hydrogen-bond donors (Lipinski definition) is 1. The van der Waals surface area contributed by atoms with Crippen LogP contribution < -0.4 is 10.2 Å². The summed E-state index contributed by atoms with van der Waals surface area (Å²) in [5, 5.41) is 2.85. The van der Waals surface area contributed by atoms with Crippen LogP contribution in [-0.4, -0.2) is 45.3 Å². The lowest BCUT2D eigenvalue weighted by atomic mass is 10.1. The molecule has 1 N–H and O–H groups in total. The molecule has 148 valence electrons. The number of halogens is 1. The Kier molecular flexibility index (Phi) is 7.06. The van der Waals surface area contributed by atoms with Crippen LogP contribution in [0.3, 0.4) is 0 Å². The molecule has 0 spiro atoms. The maximum atomic E-state index is 12.4. The van der Waals surface area contributed by atoms with Gasteiger partial charge in [-0.3, -0.25) is 4.79 Å². The zero-order valence-electron chi connectivity index (χ0n) is 15.7. The number of carbonyl (C=O) groups is 2. The molecule has 0 atom stereocenters. The predicted octanol–water partition coefficient (Wildman–Crippen LogP) is 3.64. The Balaban J connectivity index is 1.70. The first-order chi connectivity index (χ1) is 13.6. The van der Waals surface area contributed by atoms with Gasteiger partial charge in [-0.05, 0) is 42.3 Å². The third kappa shape index (κ3) is 5.33. The average molecular weight is 447 g/mol. The van der Waals surface area contributed by atoms with Crippen LogP contribution in [0, 0.1) is 0 Å². The van der Waals surface area contributed by atoms with Crippen molar-refractivity contribution >= 4 is 39.2 Å². The summed E-state index contributed by atoms with van der Waals surface area (Å²) in [5.74, 6) is -0.623. The van der Waals surface area contributed by atoms with Gasteiger partial charge in [-0.1, -0.05) is 28.1 Å². The highest BCUT2D eigenvalue weighted by Crippen LogP contribution is 2.25. The van der Waals surface area contributed by atoms with Gasteiger partial charge in [0.2, 0.25) is 5.91 Å². The van der Waals surface area contributed by atoms with E-state index in [0.717, 1.165) is 28.8 Å². The second-order valence-corrected chi connectivity index (χ2v) is 7.41. The van der Waals surface area contributed by atoms with Crippen molar-refractivity contribution in [1.82, 2.24) is 0 Å². The molecule has 0 bridgehead atoms. The third-order valence-electron chi connectivity index (χ3n) is 4.59. The lowest BCUT2D eigenvalue weighted by Gasteiger charge is -2.29. The average Bonchev–Trinajstić information content (AvgIpc) is 2.72. The molecule has 0 radical (unpaired) electrons. The first-order valence-corrected chi connectivity index (χ1v) is 9.95. The van der Waals surface area contributed by atoms with Crippen molar-refractivity contribution in [2.75, 3.05) is 43.6 Å². The summed E-state index contributed by atoms with van der Waals surface area (Å²) < 4.78 is 11.3. The number of nitrogens with zero attached hydrogens (tertiary/aromatic N) is 1. The smallest absolute Gasteiger partial charge is 0.340 e. The van der Waals surface area contributed by atoms with Gasteiger partial charge in [-0.25, -0.2) is 4.79 Å². The van der Waals surface area contributed by atoms with Crippen molar-refractivity contribution in [3.63, 3.8) is 0 Å². The number of aryl methyl sites for hydroxylation is 1. The fourth-order valence-electron chi connectivity index (χ4n) is 3.10. The van der Waals surface area contributed by atoms with E-state index in [1.54, 1.807) is 12.1 Å². The van der Waals surface area contributed by atoms with Gasteiger partial charge in [-0.2, -0.15) is 0 Å². The number of esters is 1. The number of rotatable bonds is 6. The summed E-state index contributed by atoms with van der Waals surface area (Å²) in [6.07, 6.45) is 0.937. The Morgan fingerprint density at radius 3 is 2.68 bits per heavy atom. The van der Waals surface area contributed by atoms with Crippen LogP contribution in [0.4, 0.5) is 11.4 Å². The van der Waals surface area contributed by atoms with Crippen LogP contribution in [0.5, 0.6) is 0 Å². The molecule has 0 unspecified atom stereocenters. The number of methoxy groups -OCH3 is 1. The van der Waals surface area contributed by atoms with Gasteiger partial charge in [0.25, 0.3) is 0 Å². The maximum absolute atomic E-state index is 12.4. The van der Waals surface area contributed by atoms with Gasteiger partial charge in [0, 0.05) is 29.7 Å². The molecule has 1 aliphatic heterocycles. The van der Waals surface area contributed by atoms with Crippen LogP contribution in [-0.2, 0) is 20.7 Å². The molecule has 0 aromatic heterocycles. The summed E-state index contributed by atoms with van der Waals surface area (Å²) in [7, 11) is 1.34. The summed E-state index contributed by atoms with van der Waals surface area (Å²) in [6.45, 7) is 2.83. The molecule has 1 aliphatic rings. The van der Waals surface area contributed by atoms with Crippen LogP contribution in [0.25, 0.3) is 0 Å². The van der Waals surface area contributed by atoms with Crippen molar-refractivity contribution in [1.29, 1.82) is 0 Å². The van der Waals surface area contributed by atoms with E-state index in [4.69, 9.17) is 9.47 Å². The zero-order chi connectivity index (χ0) is 19.9. The van der Waals surface area contributed by atoms with E-state index in [1.165, 1.54) is 7.11 Å². The molecule has 0 saturated carbocycles. The first-order valence-electron chi connectivity index (χ1n) is 9.16. The molecule has 0 aliphatic carbocycles. The van der Waals surface area contributed by atoms with E-state index in [-0.39, 0.29) is 5.91 Å². The van der Waals surface area contributed by atoms with E-state index in [1.807, 2.05) is 30.3 Å². The first kappa shape index (κ1) is 20.4. The standard InChI is InChI=1S/C21H23BrN2O4/c1-27-21(26)18-14-17(24-9-11-28-12-10-24)6-7-19(18)23-20(25)8-5-15-3-2-4-16(22)13-15/h2-4,6-7,13-14H,5,8-12H2,1H3,(H,23,25). The normalized spacial score (nSPS) is 13.9. The number of benzene rings is 2. The van der Waals surface area contributed by atoms with E-state index >= 15 is 0 Å². The van der Waals surface area contributed by atoms with Crippen LogP contribution in [0.1, 0.15) is 22.3 Å². The molecule has 1 saturated heterocycles. The number of nitrogens with one attached hydrogen (secondary N) is 1. The molecular formula is C21H23BrN2O4. The third-order valence-corrected chi connectivity index (χ3v) is 5.08. The Hall–Kier alpha value is -2.38. The fraction of sp³-hybridized carbons (Fsp3) is 0.333. The highest BCUT2D eigenvalue weighted by atomic mass is 79.9. The highest BCUT2D eigenvalue weighted by Gasteiger charge is 2.18. The molecule has 2 aromatic carbocycles. The van der Waals surface area contributed by atoms with Crippen molar-refractivity contribution < 1.29 is 19.1 Å². The second-order valence-electron chi connectivity index (χ2n) is 6.50. The molecular weight excluding hydrogens is 424 g/mol. The summed E-state index contributed by atoms with van der Waals surface area (Å²) in [4.78, 5) is 26.8. The number of anilines is 2. The van der Waals surface area contributed by atoms with Crippen molar-refractivity contribution in [3.8, 4) is 0 Å². The quantitative estimate of drug-likeness (QED) is 0.685. The van der Waals surface area contributed by atoms with E-state index < -0.39 is 5.97 Å². The van der Waals surface area contributed by atoms with Crippen molar-refractivity contribution in [2.24, 2.45) is 0 Å². The lowest BCUT2D eigenvalue weighted by molar-refractivity contribution is -0.116. The number of amides is 1. The highest BCUT2D eigenvalue weighted by molar-refractivity contribution is 9.10. The minimum atomic E-state index is -0.475. The van der Waals surface area contributed by atoms with Gasteiger partial charge in [0.15, 0.2) is 0 Å². The van der Waals surface area contributed by atoms with Gasteiger partial charge in [0.1, 0.15) is 0 Å². The topological polar surface area (TPSA) is 67.9 Å². The molecule has 6 nitrogen and oxygen atoms in total. The van der Waals surface area contributed by atoms with Crippen molar-refractivity contribution in [2.45, 2.75) is 12.8 Å². The summed E-state index contributed by atoms with van der Waals surface area (Å²) >= 11 is 3.43. The monoisotopic (exact) mass is 446 g/mol. The fourth-order valence-corrected chi connectivity index (χ4v) is 3.55. The molecule has 1 amide bonds. The molecule has 1 fully saturated rings. The van der Waals surface area contributed by atoms with E-state index in [2.05, 4.69) is 26.1 Å². The Morgan fingerprint density at radius 2 is 1.96 bits per heavy atom. The number of ether oxygens (including phenoxy) is 2. The largest absolute Gasteiger partial charge is 0.465 e. The molecule has 3 rings (SSSR count). The minimum Gasteiger partial charge on any atom is -0.465 e. The Labute approximate surface area is 172 Å². The maximum Gasteiger partial charge on any atom is 0.340 e. The van der Waals surface area contributed by atoms with Gasteiger partial charge in [-0.15, -0.1) is 0 Å². The van der Waals surface area contributed by atoms with E-state index in [9.17, 15) is 9.59 Å². The van der Waals surface area contributed by atoms with Crippen LogP contribution >= 0.6 is 15.9 Å². The number of carbonyl (C=O) groups excluding carboxylic acids is 2. The second kappa shape index (κ2) is 9.71. The van der Waals surface area contributed by atoms with E-state index in [0.29, 0.717) is 37.3 Å². The van der Waals surface area contributed by atoms with Gasteiger partial charge >= 0.3 is 5.97 Å². The molecule has 2 aromatic rings. The number of morpholine rings is 1. The zero-order valence-corrected chi connectivity index (χ0v) is 17.3. The van der Waals surface area contributed by atoms with Gasteiger partial charge < -0.3 is 19.7 Å². The molecule has 1 heterocycles. The SMILES string of the molecule is COC(=O)c1cc(N2CCOCC2)ccc1NC(=O)CCc1cccc(Br)c1. The van der Waals surface area contributed by atoms with Crippen LogP contribution in [0.2, 0.25) is 0 Å². The molecule has 7 heteroatoms. The minimum absolute atomic E-state index is 0.149. The summed E-state index contributed by atoms with van der Waals surface area (Å²) in [6, 6.07) is 13.3. The lowest BCUT2D eigenvalue weighted by Crippen LogP contribution is -2.36.